The van der Waals surface area contributed by atoms with Gasteiger partial charge < -0.3 is 0 Å². The van der Waals surface area contributed by atoms with Crippen LogP contribution >= 0.6 is 0 Å². The van der Waals surface area contributed by atoms with Crippen molar-refractivity contribution in [1.29, 1.82) is 0 Å². The molecule has 124 valence electrons. The van der Waals surface area contributed by atoms with Gasteiger partial charge in [-0.3, -0.25) is 0 Å². The van der Waals surface area contributed by atoms with Crippen LogP contribution in [0.2, 0.25) is 0 Å². The molecule has 0 heterocycles. The highest BCUT2D eigenvalue weighted by atomic mass is 14.1. The second kappa shape index (κ2) is 9.72. The Kier molecular flexibility index (Phi) is 7.29. The molecule has 0 aromatic heterocycles. The summed E-state index contributed by atoms with van der Waals surface area (Å²) in [6, 6.07) is 21.3. The van der Waals surface area contributed by atoms with Crippen molar-refractivity contribution < 1.29 is 0 Å². The summed E-state index contributed by atoms with van der Waals surface area (Å²) >= 11 is 0. The Balaban J connectivity index is 2.15. The molecule has 0 N–H and O–H groups in total. The van der Waals surface area contributed by atoms with Crippen LogP contribution in [0.4, 0.5) is 0 Å². The van der Waals surface area contributed by atoms with Crippen molar-refractivity contribution in [3.63, 3.8) is 0 Å². The number of benzene rings is 2. The van der Waals surface area contributed by atoms with E-state index in [2.05, 4.69) is 99.7 Å². The highest BCUT2D eigenvalue weighted by Gasteiger charge is 2.01. The minimum Gasteiger partial charge on any atom is -0.0856 e. The van der Waals surface area contributed by atoms with E-state index in [0.29, 0.717) is 0 Å². The Hall–Kier alpha value is -2.34. The van der Waals surface area contributed by atoms with Gasteiger partial charge >= 0.3 is 0 Å². The summed E-state index contributed by atoms with van der Waals surface area (Å²) in [6.07, 6.45) is 10.2. The molecule has 0 atom stereocenters. The Labute approximate surface area is 147 Å². The van der Waals surface area contributed by atoms with E-state index in [1.54, 1.807) is 0 Å². The maximum absolute atomic E-state index is 2.38. The van der Waals surface area contributed by atoms with Gasteiger partial charge in [-0.2, -0.15) is 0 Å². The molecule has 0 amide bonds. The van der Waals surface area contributed by atoms with E-state index in [4.69, 9.17) is 0 Å². The van der Waals surface area contributed by atoms with Crippen LogP contribution in [0.25, 0.3) is 11.6 Å². The first kappa shape index (κ1) is 18.0. The van der Waals surface area contributed by atoms with Gasteiger partial charge in [-0.15, -0.1) is 0 Å². The molecule has 24 heavy (non-hydrogen) atoms. The van der Waals surface area contributed by atoms with Gasteiger partial charge in [-0.1, -0.05) is 90.0 Å². The van der Waals surface area contributed by atoms with Crippen molar-refractivity contribution in [2.24, 2.45) is 0 Å². The molecule has 0 aliphatic heterocycles. The number of hydrogen-bond acceptors (Lipinski definition) is 0. The molecule has 0 bridgehead atoms. The summed E-state index contributed by atoms with van der Waals surface area (Å²) < 4.78 is 0. The molecule has 2 rings (SSSR count). The van der Waals surface area contributed by atoms with Crippen LogP contribution in [0.3, 0.4) is 0 Å². The van der Waals surface area contributed by atoms with Gasteiger partial charge in [0.15, 0.2) is 0 Å². The lowest BCUT2D eigenvalue weighted by molar-refractivity contribution is 0.959. The summed E-state index contributed by atoms with van der Waals surface area (Å²) in [4.78, 5) is 0. The highest BCUT2D eigenvalue weighted by Crippen LogP contribution is 2.23. The summed E-state index contributed by atoms with van der Waals surface area (Å²) in [5.74, 6) is 0. The van der Waals surface area contributed by atoms with E-state index in [1.165, 1.54) is 27.8 Å². The average Bonchev–Trinajstić information content (AvgIpc) is 2.60. The van der Waals surface area contributed by atoms with Crippen molar-refractivity contribution in [1.82, 2.24) is 0 Å². The van der Waals surface area contributed by atoms with Crippen molar-refractivity contribution in [2.75, 3.05) is 0 Å². The first-order chi connectivity index (χ1) is 11.6. The summed E-state index contributed by atoms with van der Waals surface area (Å²) in [6.45, 7) is 6.56. The summed E-state index contributed by atoms with van der Waals surface area (Å²) in [7, 11) is 0. The van der Waals surface area contributed by atoms with E-state index in [9.17, 15) is 0 Å². The van der Waals surface area contributed by atoms with E-state index >= 15 is 0 Å². The summed E-state index contributed by atoms with van der Waals surface area (Å²) in [5, 5.41) is 0. The molecule has 0 fully saturated rings. The molecule has 2 aromatic carbocycles. The second-order valence-electron chi connectivity index (χ2n) is 6.52. The third-order valence-corrected chi connectivity index (χ3v) is 4.05. The summed E-state index contributed by atoms with van der Waals surface area (Å²) in [5.41, 5.74) is 6.78. The Morgan fingerprint density at radius 3 is 2.04 bits per heavy atom. The smallest absolute Gasteiger partial charge is 0.00887 e. The SMILES string of the molecule is CC(C)=CCCC(C)=CCC(=Cc1ccccc1)c1ccccc1. The van der Waals surface area contributed by atoms with Crippen LogP contribution in [-0.2, 0) is 0 Å². The molecular weight excluding hydrogens is 288 g/mol. The number of rotatable bonds is 7. The average molecular weight is 316 g/mol. The highest BCUT2D eigenvalue weighted by molar-refractivity contribution is 5.82. The molecule has 0 aliphatic carbocycles. The monoisotopic (exact) mass is 316 g/mol. The topological polar surface area (TPSA) is 0 Å². The molecule has 2 aromatic rings. The molecule has 0 radical (unpaired) electrons. The predicted molar refractivity (Wildman–Crippen MR) is 108 cm³/mol. The van der Waals surface area contributed by atoms with E-state index in [-0.39, 0.29) is 0 Å². The fourth-order valence-electron chi connectivity index (χ4n) is 2.64. The van der Waals surface area contributed by atoms with Gasteiger partial charge in [0.1, 0.15) is 0 Å². The lowest BCUT2D eigenvalue weighted by Crippen LogP contribution is -1.85. The lowest BCUT2D eigenvalue weighted by Gasteiger charge is -2.07. The molecule has 0 spiro atoms. The maximum atomic E-state index is 2.38. The Morgan fingerprint density at radius 1 is 0.792 bits per heavy atom. The molecule has 0 saturated carbocycles. The molecule has 0 nitrogen and oxygen atoms in total. The standard InChI is InChI=1S/C24H28/c1-20(2)11-10-12-21(3)17-18-24(23-15-8-5-9-16-23)19-22-13-6-4-7-14-22/h4-9,11,13-17,19H,10,12,18H2,1-3H3. The normalized spacial score (nSPS) is 12.1. The number of hydrogen-bond donors (Lipinski definition) is 0. The first-order valence-corrected chi connectivity index (χ1v) is 8.75. The van der Waals surface area contributed by atoms with Crippen LogP contribution < -0.4 is 0 Å². The molecular formula is C24H28. The fourth-order valence-corrected chi connectivity index (χ4v) is 2.64. The molecule has 0 saturated heterocycles. The van der Waals surface area contributed by atoms with Crippen LogP contribution in [-0.4, -0.2) is 0 Å². The zero-order valence-electron chi connectivity index (χ0n) is 15.1. The minimum atomic E-state index is 0.972. The van der Waals surface area contributed by atoms with Crippen molar-refractivity contribution in [2.45, 2.75) is 40.0 Å². The largest absolute Gasteiger partial charge is 0.0856 e. The third-order valence-electron chi connectivity index (χ3n) is 4.05. The fraction of sp³-hybridized carbons (Fsp3) is 0.250. The molecule has 0 unspecified atom stereocenters. The van der Waals surface area contributed by atoms with Crippen LogP contribution in [0.5, 0.6) is 0 Å². The van der Waals surface area contributed by atoms with Gasteiger partial charge in [-0.05, 0) is 56.7 Å². The Bertz CT molecular complexity index is 696. The van der Waals surface area contributed by atoms with Crippen molar-refractivity contribution in [3.8, 4) is 0 Å². The van der Waals surface area contributed by atoms with Crippen molar-refractivity contribution >= 4 is 11.6 Å². The van der Waals surface area contributed by atoms with Crippen LogP contribution in [0, 0.1) is 0 Å². The first-order valence-electron chi connectivity index (χ1n) is 8.75. The third kappa shape index (κ3) is 6.42. The Morgan fingerprint density at radius 2 is 1.42 bits per heavy atom. The van der Waals surface area contributed by atoms with Gasteiger partial charge in [0.05, 0.1) is 0 Å². The molecule has 0 aliphatic rings. The van der Waals surface area contributed by atoms with Gasteiger partial charge in [0, 0.05) is 0 Å². The van der Waals surface area contributed by atoms with Crippen LogP contribution in [0.1, 0.15) is 51.2 Å². The predicted octanol–water partition coefficient (Wildman–Crippen LogP) is 7.31. The maximum Gasteiger partial charge on any atom is -0.00887 e. The number of allylic oxidation sites excluding steroid dienone is 5. The van der Waals surface area contributed by atoms with E-state index < -0.39 is 0 Å². The zero-order valence-corrected chi connectivity index (χ0v) is 15.1. The second-order valence-corrected chi connectivity index (χ2v) is 6.52. The quantitative estimate of drug-likeness (QED) is 0.371. The van der Waals surface area contributed by atoms with Gasteiger partial charge in [-0.25, -0.2) is 0 Å². The van der Waals surface area contributed by atoms with Gasteiger partial charge in [0.2, 0.25) is 0 Å². The van der Waals surface area contributed by atoms with E-state index in [0.717, 1.165) is 19.3 Å². The zero-order chi connectivity index (χ0) is 17.2. The lowest BCUT2D eigenvalue weighted by atomic mass is 9.98. The van der Waals surface area contributed by atoms with Crippen LogP contribution in [0.15, 0.2) is 84.0 Å². The van der Waals surface area contributed by atoms with Gasteiger partial charge in [0.25, 0.3) is 0 Å². The minimum absolute atomic E-state index is 0.972. The van der Waals surface area contributed by atoms with Crippen molar-refractivity contribution in [3.05, 3.63) is 95.1 Å². The molecule has 0 heteroatoms. The van der Waals surface area contributed by atoms with E-state index in [1.807, 2.05) is 0 Å².